The lowest BCUT2D eigenvalue weighted by molar-refractivity contribution is -0.387. The predicted molar refractivity (Wildman–Crippen MR) is 66.7 cm³/mol. The molecule has 0 heterocycles. The van der Waals surface area contributed by atoms with Gasteiger partial charge >= 0.3 is 5.69 Å². The molecule has 2 rings (SSSR count). The van der Waals surface area contributed by atoms with Crippen molar-refractivity contribution in [1.29, 1.82) is 0 Å². The van der Waals surface area contributed by atoms with Crippen molar-refractivity contribution in [2.75, 3.05) is 6.54 Å². The molecule has 0 spiro atoms. The fraction of sp³-hybridized carbons (Fsp3) is 0.538. The molecular formula is C13H16F2N2O2. The zero-order valence-corrected chi connectivity index (χ0v) is 10.5. The zero-order valence-electron chi connectivity index (χ0n) is 10.5. The number of benzene rings is 1. The molecule has 0 saturated heterocycles. The molecule has 0 atom stereocenters. The highest BCUT2D eigenvalue weighted by Gasteiger charge is 2.20. The van der Waals surface area contributed by atoms with Gasteiger partial charge in [0.15, 0.2) is 0 Å². The van der Waals surface area contributed by atoms with Crippen LogP contribution in [0.2, 0.25) is 0 Å². The number of halogens is 2. The largest absolute Gasteiger partial charge is 0.313 e. The van der Waals surface area contributed by atoms with E-state index in [1.807, 2.05) is 0 Å². The highest BCUT2D eigenvalue weighted by molar-refractivity contribution is 5.37. The smallest absolute Gasteiger partial charge is 0.305 e. The van der Waals surface area contributed by atoms with Crippen molar-refractivity contribution < 1.29 is 13.7 Å². The van der Waals surface area contributed by atoms with Gasteiger partial charge < -0.3 is 5.32 Å². The summed E-state index contributed by atoms with van der Waals surface area (Å²) in [5, 5.41) is 13.6. The van der Waals surface area contributed by atoms with Gasteiger partial charge in [0.05, 0.1) is 4.92 Å². The molecule has 4 nitrogen and oxygen atoms in total. The number of hydrogen-bond acceptors (Lipinski definition) is 3. The van der Waals surface area contributed by atoms with E-state index >= 15 is 0 Å². The van der Waals surface area contributed by atoms with Crippen molar-refractivity contribution in [1.82, 2.24) is 5.32 Å². The first-order valence-corrected chi connectivity index (χ1v) is 6.41. The average Bonchev–Trinajstić information content (AvgIpc) is 3.14. The second kappa shape index (κ2) is 6.06. The van der Waals surface area contributed by atoms with Gasteiger partial charge in [0, 0.05) is 24.2 Å². The van der Waals surface area contributed by atoms with Gasteiger partial charge in [0.1, 0.15) is 5.82 Å². The third kappa shape index (κ3) is 3.96. The molecule has 0 amide bonds. The number of nitro benzene ring substituents is 1. The monoisotopic (exact) mass is 270 g/mol. The molecule has 1 aliphatic carbocycles. The Morgan fingerprint density at radius 1 is 1.32 bits per heavy atom. The first-order chi connectivity index (χ1) is 9.08. The van der Waals surface area contributed by atoms with Gasteiger partial charge in [-0.2, -0.15) is 4.39 Å². The van der Waals surface area contributed by atoms with Crippen LogP contribution >= 0.6 is 0 Å². The van der Waals surface area contributed by atoms with Crippen LogP contribution in [-0.2, 0) is 6.54 Å². The number of nitrogens with zero attached hydrogens (tertiary/aromatic N) is 1. The van der Waals surface area contributed by atoms with E-state index in [4.69, 9.17) is 0 Å². The molecule has 1 aromatic carbocycles. The standard InChI is InChI=1S/C13H16F2N2O2/c14-11-7-12(15)13(17(18)19)6-10(11)8-16-5-1-2-9-3-4-9/h6-7,9,16H,1-5,8H2. The van der Waals surface area contributed by atoms with Crippen LogP contribution in [0.4, 0.5) is 14.5 Å². The molecule has 0 bridgehead atoms. The molecule has 0 aliphatic heterocycles. The maximum absolute atomic E-state index is 13.4. The van der Waals surface area contributed by atoms with Crippen molar-refractivity contribution in [3.05, 3.63) is 39.4 Å². The minimum absolute atomic E-state index is 0.125. The molecule has 1 aliphatic rings. The second-order valence-corrected chi connectivity index (χ2v) is 4.91. The SMILES string of the molecule is O=[N+]([O-])c1cc(CNCCCC2CC2)c(F)cc1F. The molecule has 104 valence electrons. The summed E-state index contributed by atoms with van der Waals surface area (Å²) in [6.45, 7) is 0.915. The topological polar surface area (TPSA) is 55.2 Å². The summed E-state index contributed by atoms with van der Waals surface area (Å²) >= 11 is 0. The van der Waals surface area contributed by atoms with E-state index in [0.717, 1.165) is 24.9 Å². The number of nitro groups is 1. The fourth-order valence-electron chi connectivity index (χ4n) is 2.00. The Kier molecular flexibility index (Phi) is 4.42. The molecule has 19 heavy (non-hydrogen) atoms. The number of hydrogen-bond donors (Lipinski definition) is 1. The average molecular weight is 270 g/mol. The van der Waals surface area contributed by atoms with Crippen LogP contribution in [0.25, 0.3) is 0 Å². The van der Waals surface area contributed by atoms with Crippen LogP contribution in [-0.4, -0.2) is 11.5 Å². The quantitative estimate of drug-likeness (QED) is 0.470. The van der Waals surface area contributed by atoms with Crippen LogP contribution < -0.4 is 5.32 Å². The molecule has 1 N–H and O–H groups in total. The van der Waals surface area contributed by atoms with Gasteiger partial charge in [0.25, 0.3) is 0 Å². The van der Waals surface area contributed by atoms with Crippen molar-refractivity contribution in [2.45, 2.75) is 32.2 Å². The second-order valence-electron chi connectivity index (χ2n) is 4.91. The Labute approximate surface area is 110 Å². The molecule has 0 unspecified atom stereocenters. The lowest BCUT2D eigenvalue weighted by Gasteiger charge is -2.06. The molecule has 0 radical (unpaired) electrons. The zero-order chi connectivity index (χ0) is 13.8. The molecule has 1 fully saturated rings. The molecular weight excluding hydrogens is 254 g/mol. The summed E-state index contributed by atoms with van der Waals surface area (Å²) in [6.07, 6.45) is 4.78. The molecule has 0 aromatic heterocycles. The van der Waals surface area contributed by atoms with Gasteiger partial charge in [-0.25, -0.2) is 4.39 Å². The first-order valence-electron chi connectivity index (χ1n) is 6.41. The lowest BCUT2D eigenvalue weighted by atomic mass is 10.1. The summed E-state index contributed by atoms with van der Waals surface area (Å²) < 4.78 is 26.6. The summed E-state index contributed by atoms with van der Waals surface area (Å²) in [7, 11) is 0. The van der Waals surface area contributed by atoms with Crippen LogP contribution in [0.1, 0.15) is 31.2 Å². The van der Waals surface area contributed by atoms with E-state index in [1.54, 1.807) is 0 Å². The summed E-state index contributed by atoms with van der Waals surface area (Å²) in [6, 6.07) is 1.53. The fourth-order valence-corrected chi connectivity index (χ4v) is 2.00. The van der Waals surface area contributed by atoms with Crippen LogP contribution in [0, 0.1) is 27.7 Å². The third-order valence-corrected chi connectivity index (χ3v) is 3.29. The van der Waals surface area contributed by atoms with E-state index in [0.29, 0.717) is 6.07 Å². The van der Waals surface area contributed by atoms with Gasteiger partial charge in [-0.1, -0.05) is 12.8 Å². The summed E-state index contributed by atoms with van der Waals surface area (Å²) in [5.41, 5.74) is -0.560. The van der Waals surface area contributed by atoms with Crippen molar-refractivity contribution in [3.8, 4) is 0 Å². The van der Waals surface area contributed by atoms with Crippen LogP contribution in [0.5, 0.6) is 0 Å². The normalized spacial score (nSPS) is 14.6. The van der Waals surface area contributed by atoms with E-state index < -0.39 is 22.2 Å². The number of rotatable bonds is 7. The van der Waals surface area contributed by atoms with Crippen molar-refractivity contribution in [3.63, 3.8) is 0 Å². The molecule has 1 aromatic rings. The van der Waals surface area contributed by atoms with E-state index in [-0.39, 0.29) is 12.1 Å². The Bertz CT molecular complexity index is 476. The van der Waals surface area contributed by atoms with Gasteiger partial charge in [-0.3, -0.25) is 10.1 Å². The number of nitrogens with one attached hydrogen (secondary N) is 1. The third-order valence-electron chi connectivity index (χ3n) is 3.29. The van der Waals surface area contributed by atoms with Crippen molar-refractivity contribution >= 4 is 5.69 Å². The minimum atomic E-state index is -1.14. The van der Waals surface area contributed by atoms with E-state index in [1.165, 1.54) is 19.3 Å². The van der Waals surface area contributed by atoms with Gasteiger partial charge in [-0.05, 0) is 25.3 Å². The van der Waals surface area contributed by atoms with E-state index in [9.17, 15) is 18.9 Å². The van der Waals surface area contributed by atoms with Crippen molar-refractivity contribution in [2.24, 2.45) is 5.92 Å². The van der Waals surface area contributed by atoms with Crippen LogP contribution in [0.15, 0.2) is 12.1 Å². The van der Waals surface area contributed by atoms with Crippen LogP contribution in [0.3, 0.4) is 0 Å². The maximum atomic E-state index is 13.4. The minimum Gasteiger partial charge on any atom is -0.313 e. The van der Waals surface area contributed by atoms with E-state index in [2.05, 4.69) is 5.32 Å². The Morgan fingerprint density at radius 3 is 2.68 bits per heavy atom. The molecule has 1 saturated carbocycles. The van der Waals surface area contributed by atoms with Gasteiger partial charge in [-0.15, -0.1) is 0 Å². The van der Waals surface area contributed by atoms with Gasteiger partial charge in [0.2, 0.25) is 5.82 Å². The Balaban J connectivity index is 1.87. The maximum Gasteiger partial charge on any atom is 0.305 e. The summed E-state index contributed by atoms with van der Waals surface area (Å²) in [5.74, 6) is -1.04. The first kappa shape index (κ1) is 13.9. The highest BCUT2D eigenvalue weighted by Crippen LogP contribution is 2.33. The Morgan fingerprint density at radius 2 is 2.05 bits per heavy atom. The Hall–Kier alpha value is -1.56. The summed E-state index contributed by atoms with van der Waals surface area (Å²) in [4.78, 5) is 9.72. The predicted octanol–water partition coefficient (Wildman–Crippen LogP) is 3.15. The highest BCUT2D eigenvalue weighted by atomic mass is 19.1. The molecule has 6 heteroatoms. The lowest BCUT2D eigenvalue weighted by Crippen LogP contribution is -2.16.